The minimum atomic E-state index is -0.384. The molecule has 1 amide bonds. The number of thiazole rings is 1. The monoisotopic (exact) mass is 442 g/mol. The van der Waals surface area contributed by atoms with Crippen LogP contribution < -0.4 is 10.1 Å². The number of nitrogens with one attached hydrogen (secondary N) is 1. The zero-order valence-corrected chi connectivity index (χ0v) is 17.6. The summed E-state index contributed by atoms with van der Waals surface area (Å²) in [5.74, 6) is 0.177. The topological polar surface area (TPSA) is 69.0 Å². The number of nitrogens with zero attached hydrogens (tertiary/aromatic N) is 3. The molecule has 6 nitrogen and oxygen atoms in total. The number of ether oxygens (including phenoxy) is 1. The average molecular weight is 443 g/mol. The molecule has 0 spiro atoms. The van der Waals surface area contributed by atoms with Gasteiger partial charge in [0.2, 0.25) is 5.13 Å². The molecule has 0 unspecified atom stereocenters. The van der Waals surface area contributed by atoms with Crippen LogP contribution in [0.2, 0.25) is 5.02 Å². The molecule has 0 fully saturated rings. The summed E-state index contributed by atoms with van der Waals surface area (Å²) in [6.45, 7) is 1.82. The fourth-order valence-corrected chi connectivity index (χ4v) is 3.86. The quantitative estimate of drug-likeness (QED) is 0.452. The second-order valence-electron chi connectivity index (χ2n) is 6.40. The van der Waals surface area contributed by atoms with E-state index in [2.05, 4.69) is 15.4 Å². The summed E-state index contributed by atoms with van der Waals surface area (Å²) in [4.78, 5) is 17.4. The summed E-state index contributed by atoms with van der Waals surface area (Å²) in [5.41, 5.74) is 2.50. The minimum Gasteiger partial charge on any atom is -0.496 e. The largest absolute Gasteiger partial charge is 0.496 e. The number of methoxy groups -OCH3 is 1. The zero-order chi connectivity index (χ0) is 21.3. The van der Waals surface area contributed by atoms with E-state index in [-0.39, 0.29) is 11.7 Å². The smallest absolute Gasteiger partial charge is 0.260 e. The number of aromatic nitrogens is 3. The highest BCUT2D eigenvalue weighted by atomic mass is 35.5. The summed E-state index contributed by atoms with van der Waals surface area (Å²) in [7, 11) is 1.49. The van der Waals surface area contributed by atoms with E-state index in [1.807, 2.05) is 12.3 Å². The summed E-state index contributed by atoms with van der Waals surface area (Å²) in [5, 5.41) is 10.1. The highest BCUT2D eigenvalue weighted by molar-refractivity contribution is 7.12. The van der Waals surface area contributed by atoms with Gasteiger partial charge in [0.1, 0.15) is 17.4 Å². The third-order valence-electron chi connectivity index (χ3n) is 4.29. The molecule has 0 bridgehead atoms. The lowest BCUT2D eigenvalue weighted by atomic mass is 10.2. The number of anilines is 1. The second kappa shape index (κ2) is 8.25. The normalized spacial score (nSPS) is 10.8. The summed E-state index contributed by atoms with van der Waals surface area (Å²) in [6.07, 6.45) is 0. The van der Waals surface area contributed by atoms with Crippen LogP contribution in [0, 0.1) is 12.7 Å². The van der Waals surface area contributed by atoms with Crippen LogP contribution in [-0.4, -0.2) is 27.8 Å². The van der Waals surface area contributed by atoms with E-state index in [1.54, 1.807) is 41.1 Å². The van der Waals surface area contributed by atoms with Gasteiger partial charge in [-0.25, -0.2) is 9.37 Å². The lowest BCUT2D eigenvalue weighted by molar-refractivity contribution is 0.102. The molecule has 0 radical (unpaired) electrons. The number of hydrogen-bond acceptors (Lipinski definition) is 5. The van der Waals surface area contributed by atoms with E-state index in [9.17, 15) is 9.18 Å². The Balaban J connectivity index is 1.65. The summed E-state index contributed by atoms with van der Waals surface area (Å²) in [6, 6.07) is 12.7. The van der Waals surface area contributed by atoms with Crippen LogP contribution in [0.15, 0.2) is 53.9 Å². The highest BCUT2D eigenvalue weighted by Gasteiger charge is 2.18. The molecule has 1 N–H and O–H groups in total. The number of carbonyl (C=O) groups is 1. The number of carbonyl (C=O) groups excluding carboxylic acids is 1. The van der Waals surface area contributed by atoms with Crippen LogP contribution in [0.5, 0.6) is 5.75 Å². The average Bonchev–Trinajstić information content (AvgIpc) is 3.35. The molecule has 0 saturated carbocycles. The molecular formula is C21H16ClFN4O2S. The van der Waals surface area contributed by atoms with E-state index in [4.69, 9.17) is 16.3 Å². The first kappa shape index (κ1) is 20.1. The van der Waals surface area contributed by atoms with Gasteiger partial charge in [-0.15, -0.1) is 11.3 Å². The van der Waals surface area contributed by atoms with Crippen LogP contribution >= 0.6 is 22.9 Å². The first-order valence-corrected chi connectivity index (χ1v) is 10.1. The lowest BCUT2D eigenvalue weighted by Gasteiger charge is -2.10. The number of halogens is 2. The van der Waals surface area contributed by atoms with Gasteiger partial charge >= 0.3 is 0 Å². The fourth-order valence-electron chi connectivity index (χ4n) is 2.89. The van der Waals surface area contributed by atoms with Crippen molar-refractivity contribution in [2.24, 2.45) is 0 Å². The van der Waals surface area contributed by atoms with Gasteiger partial charge < -0.3 is 10.1 Å². The standard InChI is InChI=1S/C21H16ClFN4O2S/c1-12-9-19(25-20(28)16-10-14(22)5-8-18(16)29-2)27(26-12)21-24-17(11-30-21)13-3-6-15(23)7-4-13/h3-11H,1-2H3,(H,25,28). The first-order chi connectivity index (χ1) is 14.4. The van der Waals surface area contributed by atoms with Crippen LogP contribution in [0.1, 0.15) is 16.1 Å². The van der Waals surface area contributed by atoms with Crippen molar-refractivity contribution < 1.29 is 13.9 Å². The predicted octanol–water partition coefficient (Wildman–Crippen LogP) is 5.36. The van der Waals surface area contributed by atoms with E-state index < -0.39 is 0 Å². The molecule has 9 heteroatoms. The number of benzene rings is 2. The molecule has 2 aromatic carbocycles. The van der Waals surface area contributed by atoms with Gasteiger partial charge in [-0.1, -0.05) is 11.6 Å². The van der Waals surface area contributed by atoms with E-state index in [1.165, 1.54) is 30.6 Å². The van der Waals surface area contributed by atoms with Crippen molar-refractivity contribution >= 4 is 34.7 Å². The van der Waals surface area contributed by atoms with Gasteiger partial charge in [-0.2, -0.15) is 9.78 Å². The maximum atomic E-state index is 13.2. The van der Waals surface area contributed by atoms with Gasteiger partial charge in [-0.05, 0) is 49.4 Å². The van der Waals surface area contributed by atoms with Crippen molar-refractivity contribution in [3.05, 3.63) is 76.0 Å². The molecule has 0 aliphatic rings. The molecule has 2 aromatic heterocycles. The Kier molecular flexibility index (Phi) is 5.52. The Labute approximate surface area is 180 Å². The van der Waals surface area contributed by atoms with Crippen LogP contribution in [0.4, 0.5) is 10.2 Å². The van der Waals surface area contributed by atoms with Crippen molar-refractivity contribution in [1.82, 2.24) is 14.8 Å². The van der Waals surface area contributed by atoms with Crippen LogP contribution in [0.25, 0.3) is 16.4 Å². The Morgan fingerprint density at radius 1 is 1.20 bits per heavy atom. The van der Waals surface area contributed by atoms with E-state index in [0.717, 1.165) is 5.56 Å². The van der Waals surface area contributed by atoms with Gasteiger partial charge in [0.15, 0.2) is 0 Å². The lowest BCUT2D eigenvalue weighted by Crippen LogP contribution is -2.16. The number of hydrogen-bond donors (Lipinski definition) is 1. The third kappa shape index (κ3) is 4.05. The molecule has 4 rings (SSSR count). The summed E-state index contributed by atoms with van der Waals surface area (Å²) < 4.78 is 20.0. The van der Waals surface area contributed by atoms with Crippen molar-refractivity contribution in [1.29, 1.82) is 0 Å². The maximum absolute atomic E-state index is 13.2. The van der Waals surface area contributed by atoms with E-state index >= 15 is 0 Å². The van der Waals surface area contributed by atoms with Gasteiger partial charge in [-0.3, -0.25) is 4.79 Å². The van der Waals surface area contributed by atoms with Crippen molar-refractivity contribution in [3.63, 3.8) is 0 Å². The molecule has 4 aromatic rings. The first-order valence-electron chi connectivity index (χ1n) is 8.88. The molecule has 152 valence electrons. The highest BCUT2D eigenvalue weighted by Crippen LogP contribution is 2.28. The van der Waals surface area contributed by atoms with Gasteiger partial charge in [0.05, 0.1) is 24.1 Å². The van der Waals surface area contributed by atoms with Gasteiger partial charge in [0, 0.05) is 22.0 Å². The number of aryl methyl sites for hydroxylation is 1. The number of rotatable bonds is 5. The third-order valence-corrected chi connectivity index (χ3v) is 5.34. The Morgan fingerprint density at radius 3 is 2.70 bits per heavy atom. The van der Waals surface area contributed by atoms with E-state index in [0.29, 0.717) is 38.7 Å². The van der Waals surface area contributed by atoms with Crippen molar-refractivity contribution in [2.45, 2.75) is 6.92 Å². The van der Waals surface area contributed by atoms with Crippen LogP contribution in [0.3, 0.4) is 0 Å². The molecule has 2 heterocycles. The zero-order valence-electron chi connectivity index (χ0n) is 16.0. The molecule has 0 atom stereocenters. The van der Waals surface area contributed by atoms with Crippen molar-refractivity contribution in [2.75, 3.05) is 12.4 Å². The number of amides is 1. The minimum absolute atomic E-state index is 0.307. The Hall–Kier alpha value is -3.23. The van der Waals surface area contributed by atoms with Gasteiger partial charge in [0.25, 0.3) is 5.91 Å². The molecule has 0 aliphatic carbocycles. The predicted molar refractivity (Wildman–Crippen MR) is 115 cm³/mol. The molecule has 0 aliphatic heterocycles. The summed E-state index contributed by atoms with van der Waals surface area (Å²) >= 11 is 7.40. The Bertz CT molecular complexity index is 1220. The second-order valence-corrected chi connectivity index (χ2v) is 7.68. The van der Waals surface area contributed by atoms with Crippen molar-refractivity contribution in [3.8, 4) is 22.1 Å². The fraction of sp³-hybridized carbons (Fsp3) is 0.0952. The van der Waals surface area contributed by atoms with Crippen LogP contribution in [-0.2, 0) is 0 Å². The SMILES string of the molecule is COc1ccc(Cl)cc1C(=O)Nc1cc(C)nn1-c1nc(-c2ccc(F)cc2)cs1. The Morgan fingerprint density at radius 2 is 1.97 bits per heavy atom. The maximum Gasteiger partial charge on any atom is 0.260 e. The molecule has 0 saturated heterocycles. The molecule has 30 heavy (non-hydrogen) atoms. The molecular weight excluding hydrogens is 427 g/mol.